The molecule has 0 bridgehead atoms. The molecule has 0 amide bonds. The molecular weight excluding hydrogens is 450 g/mol. The lowest BCUT2D eigenvalue weighted by Gasteiger charge is -2.16. The topological polar surface area (TPSA) is 95.7 Å². The zero-order chi connectivity index (χ0) is 23.5. The van der Waals surface area contributed by atoms with Crippen LogP contribution in [0.3, 0.4) is 0 Å². The van der Waals surface area contributed by atoms with Crippen LogP contribution in [-0.4, -0.2) is 40.3 Å². The molecule has 7 nitrogen and oxygen atoms in total. The van der Waals surface area contributed by atoms with Crippen LogP contribution in [0, 0.1) is 5.41 Å². The minimum atomic E-state index is -2.57. The second-order valence-corrected chi connectivity index (χ2v) is 7.60. The Morgan fingerprint density at radius 1 is 1.24 bits per heavy atom. The number of benzene rings is 1. The number of hydrogen-bond acceptors (Lipinski definition) is 6. The maximum Gasteiger partial charge on any atom is 0.265 e. The maximum absolute atomic E-state index is 13.7. The van der Waals surface area contributed by atoms with E-state index in [0.29, 0.717) is 38.5 Å². The van der Waals surface area contributed by atoms with Gasteiger partial charge in [-0.1, -0.05) is 23.7 Å². The van der Waals surface area contributed by atoms with Gasteiger partial charge in [-0.25, -0.2) is 18.7 Å². The first-order valence-corrected chi connectivity index (χ1v) is 10.3. The van der Waals surface area contributed by atoms with Gasteiger partial charge in [0.2, 0.25) is 5.95 Å². The molecule has 1 aromatic carbocycles. The molecule has 33 heavy (non-hydrogen) atoms. The Labute approximate surface area is 192 Å². The smallest absolute Gasteiger partial charge is 0.265 e. The molecular formula is C23H19ClF2N6O. The number of halogens is 3. The number of hydrogen-bond donors (Lipinski definition) is 3. The molecule has 0 saturated carbocycles. The third-order valence-corrected chi connectivity index (χ3v) is 5.17. The number of alkyl halides is 2. The molecule has 1 aliphatic carbocycles. The van der Waals surface area contributed by atoms with E-state index in [1.807, 2.05) is 0 Å². The molecule has 1 aliphatic rings. The van der Waals surface area contributed by atoms with Crippen molar-refractivity contribution in [3.8, 4) is 11.1 Å². The minimum Gasteiger partial charge on any atom is -0.393 e. The Hall–Kier alpha value is -3.85. The summed E-state index contributed by atoms with van der Waals surface area (Å²) < 4.78 is 26.7. The Kier molecular flexibility index (Phi) is 6.32. The molecule has 2 heterocycles. The van der Waals surface area contributed by atoms with Crippen LogP contribution < -0.4 is 16.2 Å². The van der Waals surface area contributed by atoms with Gasteiger partial charge in [0, 0.05) is 47.3 Å². The molecule has 0 aliphatic heterocycles. The molecule has 0 saturated heterocycles. The number of aromatic nitrogens is 3. The lowest BCUT2D eigenvalue weighted by molar-refractivity contribution is 0.163. The van der Waals surface area contributed by atoms with Crippen LogP contribution in [0.1, 0.15) is 0 Å². The van der Waals surface area contributed by atoms with Gasteiger partial charge in [0.1, 0.15) is 0 Å². The van der Waals surface area contributed by atoms with Gasteiger partial charge in [-0.15, -0.1) is 0 Å². The number of anilines is 1. The molecule has 0 fully saturated rings. The Morgan fingerprint density at radius 2 is 2.00 bits per heavy atom. The van der Waals surface area contributed by atoms with E-state index in [4.69, 9.17) is 17.0 Å². The standard InChI is InChI=1S/C23H19ClF2N6O/c1-28-9-14-8-17(6-7-18(14)27)32-12-15-10-29-23(30-11-19(25)26)31-21(15)20(22(32)33)13-2-4-16(24)5-3-13/h2-10,12,19,27-28H,11H2,1H3,(H,30,31)/b14-9-,27-18?. The number of allylic oxidation sites excluding steroid dienone is 5. The summed E-state index contributed by atoms with van der Waals surface area (Å²) in [6, 6.07) is 6.71. The van der Waals surface area contributed by atoms with Gasteiger partial charge in [-0.2, -0.15) is 0 Å². The van der Waals surface area contributed by atoms with Crippen LogP contribution in [0.25, 0.3) is 27.7 Å². The predicted octanol–water partition coefficient (Wildman–Crippen LogP) is 4.32. The summed E-state index contributed by atoms with van der Waals surface area (Å²) >= 11 is 6.03. The van der Waals surface area contributed by atoms with E-state index < -0.39 is 13.0 Å². The van der Waals surface area contributed by atoms with Gasteiger partial charge >= 0.3 is 0 Å². The van der Waals surface area contributed by atoms with E-state index in [2.05, 4.69) is 20.6 Å². The zero-order valence-corrected chi connectivity index (χ0v) is 18.2. The molecule has 0 spiro atoms. The lowest BCUT2D eigenvalue weighted by Crippen LogP contribution is -2.23. The van der Waals surface area contributed by atoms with Crippen molar-refractivity contribution in [2.45, 2.75) is 6.43 Å². The van der Waals surface area contributed by atoms with E-state index in [1.54, 1.807) is 61.9 Å². The monoisotopic (exact) mass is 468 g/mol. The molecule has 0 atom stereocenters. The van der Waals surface area contributed by atoms with Crippen molar-refractivity contribution < 1.29 is 8.78 Å². The van der Waals surface area contributed by atoms with Crippen molar-refractivity contribution in [1.29, 1.82) is 5.41 Å². The summed E-state index contributed by atoms with van der Waals surface area (Å²) in [5, 5.41) is 14.5. The van der Waals surface area contributed by atoms with Crippen LogP contribution in [0.4, 0.5) is 14.7 Å². The number of rotatable bonds is 6. The minimum absolute atomic E-state index is 0.000344. The predicted molar refractivity (Wildman–Crippen MR) is 127 cm³/mol. The Morgan fingerprint density at radius 3 is 2.70 bits per heavy atom. The molecule has 4 rings (SSSR count). The molecule has 168 valence electrons. The fraction of sp³-hybridized carbons (Fsp3) is 0.130. The SMILES string of the molecule is CN/C=C1/C=C(n2cc3cnc(NCC(F)F)nc3c(-c3ccc(Cl)cc3)c2=O)C=CC1=N. The van der Waals surface area contributed by atoms with Gasteiger partial charge in [-0.3, -0.25) is 9.36 Å². The van der Waals surface area contributed by atoms with Gasteiger partial charge in [0.05, 0.1) is 23.3 Å². The van der Waals surface area contributed by atoms with E-state index in [-0.39, 0.29) is 17.1 Å². The molecule has 3 aromatic rings. The molecule has 2 aromatic heterocycles. The average Bonchev–Trinajstić information content (AvgIpc) is 2.80. The van der Waals surface area contributed by atoms with Crippen LogP contribution in [0.15, 0.2) is 71.5 Å². The summed E-state index contributed by atoms with van der Waals surface area (Å²) in [4.78, 5) is 22.1. The van der Waals surface area contributed by atoms with Crippen molar-refractivity contribution in [2.75, 3.05) is 18.9 Å². The highest BCUT2D eigenvalue weighted by Crippen LogP contribution is 2.27. The van der Waals surface area contributed by atoms with E-state index in [1.165, 1.54) is 10.8 Å². The van der Waals surface area contributed by atoms with Crippen LogP contribution in [-0.2, 0) is 0 Å². The normalized spacial score (nSPS) is 14.8. The summed E-state index contributed by atoms with van der Waals surface area (Å²) in [6.07, 6.45) is 7.16. The Bertz CT molecular complexity index is 1380. The van der Waals surface area contributed by atoms with Gasteiger partial charge in [0.25, 0.3) is 12.0 Å². The van der Waals surface area contributed by atoms with E-state index >= 15 is 0 Å². The highest BCUT2D eigenvalue weighted by molar-refractivity contribution is 6.30. The maximum atomic E-state index is 13.7. The van der Waals surface area contributed by atoms with Gasteiger partial charge in [0.15, 0.2) is 0 Å². The largest absolute Gasteiger partial charge is 0.393 e. The molecule has 0 radical (unpaired) electrons. The number of pyridine rings is 1. The van der Waals surface area contributed by atoms with E-state index in [9.17, 15) is 13.6 Å². The fourth-order valence-electron chi connectivity index (χ4n) is 3.40. The van der Waals surface area contributed by atoms with Gasteiger partial charge in [-0.05, 0) is 35.9 Å². The number of fused-ring (bicyclic) bond motifs is 1. The van der Waals surface area contributed by atoms with Gasteiger partial charge < -0.3 is 16.0 Å². The van der Waals surface area contributed by atoms with Crippen molar-refractivity contribution in [3.05, 3.63) is 82.0 Å². The fourth-order valence-corrected chi connectivity index (χ4v) is 3.53. The lowest BCUT2D eigenvalue weighted by atomic mass is 10.0. The summed E-state index contributed by atoms with van der Waals surface area (Å²) in [6.45, 7) is -0.608. The first-order valence-electron chi connectivity index (χ1n) is 9.94. The molecule has 3 N–H and O–H groups in total. The highest BCUT2D eigenvalue weighted by atomic mass is 35.5. The molecule has 10 heteroatoms. The van der Waals surface area contributed by atoms with Crippen LogP contribution >= 0.6 is 11.6 Å². The van der Waals surface area contributed by atoms with Crippen LogP contribution in [0.2, 0.25) is 5.02 Å². The first-order chi connectivity index (χ1) is 15.9. The third kappa shape index (κ3) is 4.68. The quantitative estimate of drug-likeness (QED) is 0.500. The van der Waals surface area contributed by atoms with Crippen molar-refractivity contribution >= 4 is 39.9 Å². The zero-order valence-electron chi connectivity index (χ0n) is 17.4. The Balaban J connectivity index is 1.95. The number of nitrogens with one attached hydrogen (secondary N) is 3. The van der Waals surface area contributed by atoms with Crippen LogP contribution in [0.5, 0.6) is 0 Å². The second kappa shape index (κ2) is 9.33. The summed E-state index contributed by atoms with van der Waals surface area (Å²) in [5.41, 5.74) is 2.27. The summed E-state index contributed by atoms with van der Waals surface area (Å²) in [7, 11) is 1.73. The average molecular weight is 469 g/mol. The van der Waals surface area contributed by atoms with Crippen molar-refractivity contribution in [3.63, 3.8) is 0 Å². The summed E-state index contributed by atoms with van der Waals surface area (Å²) in [5.74, 6) is -0.000344. The van der Waals surface area contributed by atoms with Crippen molar-refractivity contribution in [2.24, 2.45) is 0 Å². The highest BCUT2D eigenvalue weighted by Gasteiger charge is 2.18. The van der Waals surface area contributed by atoms with E-state index in [0.717, 1.165) is 0 Å². The number of nitrogens with zero attached hydrogens (tertiary/aromatic N) is 3. The molecule has 0 unspecified atom stereocenters. The second-order valence-electron chi connectivity index (χ2n) is 7.16. The first kappa shape index (κ1) is 22.3. The van der Waals surface area contributed by atoms with Crippen molar-refractivity contribution in [1.82, 2.24) is 19.9 Å². The third-order valence-electron chi connectivity index (χ3n) is 4.92.